The van der Waals surface area contributed by atoms with Crippen LogP contribution in [-0.2, 0) is 10.8 Å². The Hall–Kier alpha value is -9.76. The fourth-order valence-electron chi connectivity index (χ4n) is 13.5. The van der Waals surface area contributed by atoms with Gasteiger partial charge in [-0.25, -0.2) is 0 Å². The van der Waals surface area contributed by atoms with E-state index in [1.54, 1.807) is 0 Å². The standard InChI is InChI=1S/C74H50N2/c1-6-24-51(25-7-1)59-45-42-56(48-64(59)52-26-8-2-9-27-52)75(57-43-46-62-60-34-16-18-36-65(60)73(69(62)49-57,53-28-10-3-11-29-53)54-30-12-4-13-31-54)58-44-47-63-61-35-17-19-37-66(61)74(70(63)50-58)67-38-20-22-40-71(67)76(55-32-14-5-15-33-55)72-41-23-21-39-68(72)74/h1-50H. The molecular formula is C74H50N2. The zero-order valence-electron chi connectivity index (χ0n) is 41.8. The van der Waals surface area contributed by atoms with Gasteiger partial charge in [-0.2, -0.15) is 0 Å². The lowest BCUT2D eigenvalue weighted by Crippen LogP contribution is -2.36. The third-order valence-electron chi connectivity index (χ3n) is 16.5. The molecule has 2 nitrogen and oxygen atoms in total. The first-order valence-corrected chi connectivity index (χ1v) is 26.4. The first kappa shape index (κ1) is 43.8. The van der Waals surface area contributed by atoms with Crippen LogP contribution in [0.2, 0.25) is 0 Å². The van der Waals surface area contributed by atoms with Crippen molar-refractivity contribution in [3.05, 3.63) is 348 Å². The normalized spacial score (nSPS) is 13.7. The topological polar surface area (TPSA) is 6.48 Å². The van der Waals surface area contributed by atoms with E-state index >= 15 is 0 Å². The molecule has 0 unspecified atom stereocenters. The molecule has 2 heteroatoms. The van der Waals surface area contributed by atoms with Crippen molar-refractivity contribution in [1.29, 1.82) is 0 Å². The van der Waals surface area contributed by atoms with E-state index in [-0.39, 0.29) is 0 Å². The average Bonchev–Trinajstić information content (AvgIpc) is 4.19. The van der Waals surface area contributed by atoms with Gasteiger partial charge in [0.25, 0.3) is 0 Å². The zero-order valence-corrected chi connectivity index (χ0v) is 41.8. The second kappa shape index (κ2) is 17.4. The van der Waals surface area contributed by atoms with E-state index in [9.17, 15) is 0 Å². The van der Waals surface area contributed by atoms with E-state index in [1.807, 2.05) is 0 Å². The van der Waals surface area contributed by atoms with Gasteiger partial charge in [0, 0.05) is 22.7 Å². The van der Waals surface area contributed by atoms with Crippen molar-refractivity contribution in [1.82, 2.24) is 0 Å². The highest BCUT2D eigenvalue weighted by Crippen LogP contribution is 2.64. The predicted octanol–water partition coefficient (Wildman–Crippen LogP) is 19.0. The van der Waals surface area contributed by atoms with Crippen molar-refractivity contribution >= 4 is 34.1 Å². The fourth-order valence-corrected chi connectivity index (χ4v) is 13.5. The molecule has 76 heavy (non-hydrogen) atoms. The minimum absolute atomic E-state index is 0.577. The molecule has 0 N–H and O–H groups in total. The van der Waals surface area contributed by atoms with E-state index in [2.05, 4.69) is 313 Å². The van der Waals surface area contributed by atoms with Crippen LogP contribution in [0, 0.1) is 0 Å². The number of para-hydroxylation sites is 3. The van der Waals surface area contributed by atoms with E-state index in [1.165, 1.54) is 100 Å². The molecule has 15 rings (SSSR count). The molecule has 0 radical (unpaired) electrons. The minimum Gasteiger partial charge on any atom is -0.310 e. The third kappa shape index (κ3) is 6.34. The van der Waals surface area contributed by atoms with Gasteiger partial charge in [-0.3, -0.25) is 0 Å². The Balaban J connectivity index is 1.02. The van der Waals surface area contributed by atoms with Crippen LogP contribution in [0.1, 0.15) is 44.5 Å². The van der Waals surface area contributed by atoms with Crippen LogP contribution in [0.15, 0.2) is 303 Å². The number of rotatable bonds is 8. The highest BCUT2D eigenvalue weighted by atomic mass is 15.2. The van der Waals surface area contributed by atoms with Crippen molar-refractivity contribution in [2.45, 2.75) is 10.8 Å². The number of anilines is 6. The molecule has 0 aromatic heterocycles. The van der Waals surface area contributed by atoms with E-state index < -0.39 is 10.8 Å². The number of nitrogens with zero attached hydrogens (tertiary/aromatic N) is 2. The largest absolute Gasteiger partial charge is 0.310 e. The zero-order chi connectivity index (χ0) is 50.2. The van der Waals surface area contributed by atoms with Gasteiger partial charge in [0.05, 0.1) is 22.2 Å². The molecule has 2 aliphatic carbocycles. The summed E-state index contributed by atoms with van der Waals surface area (Å²) in [5.74, 6) is 0. The Morgan fingerprint density at radius 3 is 1.11 bits per heavy atom. The average molecular weight is 967 g/mol. The first-order chi connectivity index (χ1) is 37.7. The number of fused-ring (bicyclic) bond motifs is 12. The highest BCUT2D eigenvalue weighted by Gasteiger charge is 2.52. The molecule has 0 atom stereocenters. The fraction of sp³-hybridized carbons (Fsp3) is 0.0270. The summed E-state index contributed by atoms with van der Waals surface area (Å²) in [7, 11) is 0. The molecule has 1 heterocycles. The lowest BCUT2D eigenvalue weighted by atomic mass is 9.64. The Bertz CT molecular complexity index is 4080. The molecule has 1 spiro atoms. The van der Waals surface area contributed by atoms with Gasteiger partial charge in [0.1, 0.15) is 0 Å². The predicted molar refractivity (Wildman–Crippen MR) is 315 cm³/mol. The lowest BCUT2D eigenvalue weighted by Gasteiger charge is -2.45. The van der Waals surface area contributed by atoms with Crippen molar-refractivity contribution in [2.24, 2.45) is 0 Å². The van der Waals surface area contributed by atoms with Crippen molar-refractivity contribution in [2.75, 3.05) is 9.80 Å². The molecule has 0 saturated carbocycles. The van der Waals surface area contributed by atoms with E-state index in [0.717, 1.165) is 22.7 Å². The Labute approximate surface area is 444 Å². The lowest BCUT2D eigenvalue weighted by molar-refractivity contribution is 0.752. The molecule has 12 aromatic rings. The monoisotopic (exact) mass is 966 g/mol. The summed E-state index contributed by atoms with van der Waals surface area (Å²) in [5.41, 5.74) is 25.4. The molecule has 12 aromatic carbocycles. The maximum absolute atomic E-state index is 2.53. The van der Waals surface area contributed by atoms with Gasteiger partial charge in [0.15, 0.2) is 0 Å². The summed E-state index contributed by atoms with van der Waals surface area (Å²) in [6.07, 6.45) is 0. The van der Waals surface area contributed by atoms with Crippen molar-refractivity contribution < 1.29 is 0 Å². The molecule has 1 aliphatic heterocycles. The van der Waals surface area contributed by atoms with Crippen LogP contribution in [0.3, 0.4) is 0 Å². The number of hydrogen-bond donors (Lipinski definition) is 0. The summed E-state index contributed by atoms with van der Waals surface area (Å²) in [5, 5.41) is 0. The molecule has 0 bridgehead atoms. The summed E-state index contributed by atoms with van der Waals surface area (Å²) < 4.78 is 0. The second-order valence-electron chi connectivity index (χ2n) is 20.3. The van der Waals surface area contributed by atoms with Crippen LogP contribution < -0.4 is 9.80 Å². The Kier molecular flexibility index (Phi) is 10.0. The summed E-state index contributed by atoms with van der Waals surface area (Å²) in [6.45, 7) is 0. The van der Waals surface area contributed by atoms with Crippen molar-refractivity contribution in [3.8, 4) is 44.5 Å². The first-order valence-electron chi connectivity index (χ1n) is 26.4. The Morgan fingerprint density at radius 1 is 0.237 bits per heavy atom. The minimum atomic E-state index is -0.631. The van der Waals surface area contributed by atoms with Crippen LogP contribution in [-0.4, -0.2) is 0 Å². The van der Waals surface area contributed by atoms with Crippen LogP contribution in [0.4, 0.5) is 34.1 Å². The van der Waals surface area contributed by atoms with Gasteiger partial charge < -0.3 is 9.80 Å². The summed E-state index contributed by atoms with van der Waals surface area (Å²) in [6, 6.07) is 113. The molecule has 3 aliphatic rings. The molecule has 0 fully saturated rings. The van der Waals surface area contributed by atoms with Crippen LogP contribution >= 0.6 is 0 Å². The molecular weight excluding hydrogens is 917 g/mol. The van der Waals surface area contributed by atoms with E-state index in [4.69, 9.17) is 0 Å². The van der Waals surface area contributed by atoms with Gasteiger partial charge >= 0.3 is 0 Å². The van der Waals surface area contributed by atoms with Gasteiger partial charge in [-0.05, 0) is 150 Å². The van der Waals surface area contributed by atoms with Gasteiger partial charge in [-0.15, -0.1) is 0 Å². The number of benzene rings is 12. The maximum atomic E-state index is 2.53. The van der Waals surface area contributed by atoms with Crippen molar-refractivity contribution in [3.63, 3.8) is 0 Å². The van der Waals surface area contributed by atoms with E-state index in [0.29, 0.717) is 0 Å². The second-order valence-corrected chi connectivity index (χ2v) is 20.3. The SMILES string of the molecule is c1ccc(-c2ccc(N(c3ccc4c(c3)C(c3ccccc3)(c3ccccc3)c3ccccc3-4)c3ccc4c(c3)C3(c5ccccc5-4)c4ccccc4N(c4ccccc4)c4ccccc43)cc2-c2ccccc2)cc1. The third-order valence-corrected chi connectivity index (χ3v) is 16.5. The van der Waals surface area contributed by atoms with Gasteiger partial charge in [0.2, 0.25) is 0 Å². The summed E-state index contributed by atoms with van der Waals surface area (Å²) in [4.78, 5) is 4.99. The molecule has 0 amide bonds. The number of hydrogen-bond acceptors (Lipinski definition) is 2. The smallest absolute Gasteiger partial charge is 0.0755 e. The maximum Gasteiger partial charge on any atom is 0.0755 e. The van der Waals surface area contributed by atoms with Crippen LogP contribution in [0.25, 0.3) is 44.5 Å². The van der Waals surface area contributed by atoms with Gasteiger partial charge in [-0.1, -0.05) is 243 Å². The Morgan fingerprint density at radius 2 is 0.592 bits per heavy atom. The summed E-state index contributed by atoms with van der Waals surface area (Å²) >= 11 is 0. The molecule has 0 saturated heterocycles. The highest BCUT2D eigenvalue weighted by molar-refractivity contribution is 5.98. The quantitative estimate of drug-likeness (QED) is 0.150. The molecule has 356 valence electrons. The van der Waals surface area contributed by atoms with Crippen LogP contribution in [0.5, 0.6) is 0 Å².